The molecule has 1 nitrogen and oxygen atoms in total. The van der Waals surface area contributed by atoms with Crippen LogP contribution in [0.1, 0.15) is 54.8 Å². The van der Waals surface area contributed by atoms with Crippen molar-refractivity contribution >= 4 is 12.4 Å². The Labute approximate surface area is 111 Å². The Bertz CT molecular complexity index is 336. The summed E-state index contributed by atoms with van der Waals surface area (Å²) in [6.45, 7) is 4.31. The minimum atomic E-state index is 0. The van der Waals surface area contributed by atoms with E-state index in [9.17, 15) is 0 Å². The number of hydrogen-bond acceptors (Lipinski definition) is 1. The maximum absolute atomic E-state index is 6.41. The first-order valence-electron chi connectivity index (χ1n) is 6.50. The normalized spacial score (nSPS) is 18.5. The lowest BCUT2D eigenvalue weighted by Gasteiger charge is -2.28. The monoisotopic (exact) mass is 253 g/mol. The minimum absolute atomic E-state index is 0. The number of hydrogen-bond donors (Lipinski definition) is 1. The molecule has 1 aromatic rings. The molecule has 0 aromatic heterocycles. The van der Waals surface area contributed by atoms with E-state index in [1.165, 1.54) is 48.8 Å². The van der Waals surface area contributed by atoms with Gasteiger partial charge in [0.1, 0.15) is 0 Å². The number of nitrogens with two attached hydrogens (primary N) is 1. The van der Waals surface area contributed by atoms with Crippen LogP contribution < -0.4 is 5.73 Å². The van der Waals surface area contributed by atoms with Crippen LogP contribution in [0.5, 0.6) is 0 Å². The van der Waals surface area contributed by atoms with Crippen molar-refractivity contribution in [2.75, 3.05) is 0 Å². The van der Waals surface area contributed by atoms with Crippen molar-refractivity contribution < 1.29 is 0 Å². The van der Waals surface area contributed by atoms with E-state index in [4.69, 9.17) is 5.73 Å². The summed E-state index contributed by atoms with van der Waals surface area (Å²) in [5.74, 6) is 0.704. The zero-order chi connectivity index (χ0) is 11.5. The molecule has 17 heavy (non-hydrogen) atoms. The van der Waals surface area contributed by atoms with Gasteiger partial charge in [0.25, 0.3) is 0 Å². The lowest BCUT2D eigenvalue weighted by molar-refractivity contribution is 0.308. The standard InChI is InChI=1S/C15H23N.ClH/c1-11-8-12(2)10-14(9-11)15(16)13-6-4-3-5-7-13;/h8-10,13,15H,3-7,16H2,1-2H3;1H/t15-;/m0./s1. The summed E-state index contributed by atoms with van der Waals surface area (Å²) in [5, 5.41) is 0. The molecule has 2 heteroatoms. The van der Waals surface area contributed by atoms with Gasteiger partial charge in [-0.3, -0.25) is 0 Å². The van der Waals surface area contributed by atoms with E-state index in [1.54, 1.807) is 0 Å². The summed E-state index contributed by atoms with van der Waals surface area (Å²) in [4.78, 5) is 0. The molecule has 0 radical (unpaired) electrons. The summed E-state index contributed by atoms with van der Waals surface area (Å²) in [7, 11) is 0. The van der Waals surface area contributed by atoms with Gasteiger partial charge in [-0.15, -0.1) is 12.4 Å². The molecule has 1 aromatic carbocycles. The number of rotatable bonds is 2. The highest BCUT2D eigenvalue weighted by Gasteiger charge is 2.21. The Hall–Kier alpha value is -0.530. The smallest absolute Gasteiger partial charge is 0.0323 e. The zero-order valence-corrected chi connectivity index (χ0v) is 11.7. The molecule has 1 fully saturated rings. The van der Waals surface area contributed by atoms with Crippen LogP contribution in [0, 0.1) is 19.8 Å². The fourth-order valence-corrected chi connectivity index (χ4v) is 2.97. The number of aryl methyl sites for hydroxylation is 2. The van der Waals surface area contributed by atoms with Crippen molar-refractivity contribution in [1.82, 2.24) is 0 Å². The van der Waals surface area contributed by atoms with Gasteiger partial charge in [0.2, 0.25) is 0 Å². The third-order valence-electron chi connectivity index (χ3n) is 3.79. The van der Waals surface area contributed by atoms with E-state index in [0.717, 1.165) is 0 Å². The fourth-order valence-electron chi connectivity index (χ4n) is 2.97. The molecule has 2 N–H and O–H groups in total. The van der Waals surface area contributed by atoms with Crippen LogP contribution in [0.3, 0.4) is 0 Å². The maximum atomic E-state index is 6.41. The van der Waals surface area contributed by atoms with Gasteiger partial charge in [-0.25, -0.2) is 0 Å². The van der Waals surface area contributed by atoms with Gasteiger partial charge in [-0.2, -0.15) is 0 Å². The molecule has 1 atom stereocenters. The average molecular weight is 254 g/mol. The second-order valence-corrected chi connectivity index (χ2v) is 5.34. The van der Waals surface area contributed by atoms with Crippen molar-refractivity contribution in [2.45, 2.75) is 52.0 Å². The van der Waals surface area contributed by atoms with Crippen LogP contribution in [0.2, 0.25) is 0 Å². The predicted molar refractivity (Wildman–Crippen MR) is 76.7 cm³/mol. The molecule has 0 spiro atoms. The highest BCUT2D eigenvalue weighted by Crippen LogP contribution is 2.33. The van der Waals surface area contributed by atoms with E-state index in [1.807, 2.05) is 0 Å². The summed E-state index contributed by atoms with van der Waals surface area (Å²) in [6.07, 6.45) is 6.75. The summed E-state index contributed by atoms with van der Waals surface area (Å²) >= 11 is 0. The first kappa shape index (κ1) is 14.5. The Kier molecular flexibility index (Phi) is 5.48. The molecular formula is C15H24ClN. The average Bonchev–Trinajstić information content (AvgIpc) is 2.28. The topological polar surface area (TPSA) is 26.0 Å². The van der Waals surface area contributed by atoms with Crippen molar-refractivity contribution in [3.05, 3.63) is 34.9 Å². The Balaban J connectivity index is 0.00000144. The molecule has 0 amide bonds. The maximum Gasteiger partial charge on any atom is 0.0323 e. The third kappa shape index (κ3) is 3.72. The third-order valence-corrected chi connectivity index (χ3v) is 3.79. The van der Waals surface area contributed by atoms with Crippen LogP contribution in [-0.2, 0) is 0 Å². The van der Waals surface area contributed by atoms with E-state index >= 15 is 0 Å². The van der Waals surface area contributed by atoms with Crippen LogP contribution in [0.4, 0.5) is 0 Å². The molecular weight excluding hydrogens is 230 g/mol. The van der Waals surface area contributed by atoms with Gasteiger partial charge < -0.3 is 5.73 Å². The van der Waals surface area contributed by atoms with Crippen LogP contribution in [0.15, 0.2) is 18.2 Å². The Morgan fingerprint density at radius 3 is 2.06 bits per heavy atom. The summed E-state index contributed by atoms with van der Waals surface area (Å²) < 4.78 is 0. The second kappa shape index (κ2) is 6.42. The molecule has 2 rings (SSSR count). The van der Waals surface area contributed by atoms with Gasteiger partial charge in [0, 0.05) is 6.04 Å². The highest BCUT2D eigenvalue weighted by molar-refractivity contribution is 5.85. The number of benzene rings is 1. The van der Waals surface area contributed by atoms with Crippen molar-refractivity contribution in [3.8, 4) is 0 Å². The van der Waals surface area contributed by atoms with Gasteiger partial charge in [-0.05, 0) is 38.2 Å². The molecule has 1 saturated carbocycles. The van der Waals surface area contributed by atoms with Gasteiger partial charge in [0.05, 0.1) is 0 Å². The van der Waals surface area contributed by atoms with E-state index < -0.39 is 0 Å². The molecule has 0 heterocycles. The molecule has 1 aliphatic carbocycles. The minimum Gasteiger partial charge on any atom is -0.324 e. The van der Waals surface area contributed by atoms with Gasteiger partial charge in [-0.1, -0.05) is 48.6 Å². The number of halogens is 1. The van der Waals surface area contributed by atoms with Crippen LogP contribution in [-0.4, -0.2) is 0 Å². The van der Waals surface area contributed by atoms with Crippen LogP contribution in [0.25, 0.3) is 0 Å². The van der Waals surface area contributed by atoms with E-state index in [-0.39, 0.29) is 18.4 Å². The molecule has 0 saturated heterocycles. The molecule has 0 unspecified atom stereocenters. The van der Waals surface area contributed by atoms with Crippen molar-refractivity contribution in [2.24, 2.45) is 11.7 Å². The first-order chi connectivity index (χ1) is 7.66. The lowest BCUT2D eigenvalue weighted by Crippen LogP contribution is -2.23. The van der Waals surface area contributed by atoms with Gasteiger partial charge in [0.15, 0.2) is 0 Å². The SMILES string of the molecule is Cc1cc(C)cc([C@@H](N)C2CCCCC2)c1.Cl. The summed E-state index contributed by atoms with van der Waals surface area (Å²) in [5.41, 5.74) is 10.4. The summed E-state index contributed by atoms with van der Waals surface area (Å²) in [6, 6.07) is 6.98. The predicted octanol–water partition coefficient (Wildman–Crippen LogP) is 4.31. The molecule has 96 valence electrons. The van der Waals surface area contributed by atoms with Crippen molar-refractivity contribution in [1.29, 1.82) is 0 Å². The Morgan fingerprint density at radius 2 is 1.53 bits per heavy atom. The molecule has 0 aliphatic heterocycles. The van der Waals surface area contributed by atoms with Crippen LogP contribution >= 0.6 is 12.4 Å². The van der Waals surface area contributed by atoms with E-state index in [2.05, 4.69) is 32.0 Å². The first-order valence-corrected chi connectivity index (χ1v) is 6.50. The lowest BCUT2D eigenvalue weighted by atomic mass is 9.81. The van der Waals surface area contributed by atoms with Crippen molar-refractivity contribution in [3.63, 3.8) is 0 Å². The largest absolute Gasteiger partial charge is 0.324 e. The Morgan fingerprint density at radius 1 is 1.00 bits per heavy atom. The fraction of sp³-hybridized carbons (Fsp3) is 0.600. The zero-order valence-electron chi connectivity index (χ0n) is 10.9. The quantitative estimate of drug-likeness (QED) is 0.835. The van der Waals surface area contributed by atoms with Gasteiger partial charge >= 0.3 is 0 Å². The van der Waals surface area contributed by atoms with E-state index in [0.29, 0.717) is 5.92 Å². The molecule has 1 aliphatic rings. The second-order valence-electron chi connectivity index (χ2n) is 5.34. The highest BCUT2D eigenvalue weighted by atomic mass is 35.5. The molecule has 0 bridgehead atoms.